The first-order valence-corrected chi connectivity index (χ1v) is 7.04. The van der Waals surface area contributed by atoms with Crippen molar-refractivity contribution in [2.45, 2.75) is 0 Å². The molecule has 5 aromatic rings. The highest BCUT2D eigenvalue weighted by molar-refractivity contribution is 6.02. The molecule has 1 N–H and O–H groups in total. The van der Waals surface area contributed by atoms with E-state index in [-0.39, 0.29) is 5.75 Å². The summed E-state index contributed by atoms with van der Waals surface area (Å²) in [6.07, 6.45) is 2.83. The van der Waals surface area contributed by atoms with Crippen molar-refractivity contribution in [1.29, 1.82) is 0 Å². The van der Waals surface area contributed by atoms with Crippen molar-refractivity contribution in [1.82, 2.24) is 9.97 Å². The zero-order valence-electron chi connectivity index (χ0n) is 12.0. The fraction of sp³-hybridized carbons (Fsp3) is 0. The highest BCUT2D eigenvalue weighted by atomic mass is 16.3. The van der Waals surface area contributed by atoms with Gasteiger partial charge in [-0.25, -0.2) is 9.97 Å². The molecule has 0 radical (unpaired) electrons. The van der Waals surface area contributed by atoms with Crippen molar-refractivity contribution < 1.29 is 13.9 Å². The van der Waals surface area contributed by atoms with Gasteiger partial charge in [0.05, 0.1) is 0 Å². The lowest BCUT2D eigenvalue weighted by Crippen LogP contribution is -1.72. The van der Waals surface area contributed by atoms with Gasteiger partial charge < -0.3 is 13.9 Å². The molecule has 0 spiro atoms. The van der Waals surface area contributed by atoms with Crippen LogP contribution in [0.2, 0.25) is 0 Å². The predicted octanol–water partition coefficient (Wildman–Crippen LogP) is 4.51. The van der Waals surface area contributed by atoms with Gasteiger partial charge in [-0.05, 0) is 23.6 Å². The fourth-order valence-electron chi connectivity index (χ4n) is 2.44. The van der Waals surface area contributed by atoms with Crippen molar-refractivity contribution in [3.8, 4) is 5.75 Å². The molecule has 3 aromatic carbocycles. The van der Waals surface area contributed by atoms with E-state index < -0.39 is 0 Å². The minimum Gasteiger partial charge on any atom is -0.508 e. The summed E-state index contributed by atoms with van der Waals surface area (Å²) in [4.78, 5) is 7.98. The molecular weight excluding hydrogens is 292 g/mol. The molecule has 0 aliphatic rings. The molecule has 0 saturated carbocycles. The molecule has 0 fully saturated rings. The highest BCUT2D eigenvalue weighted by Crippen LogP contribution is 2.23. The number of aromatic hydroxyl groups is 1. The van der Waals surface area contributed by atoms with E-state index in [1.807, 2.05) is 24.3 Å². The number of aromatic nitrogens is 2. The largest absolute Gasteiger partial charge is 0.508 e. The first kappa shape index (κ1) is 13.3. The van der Waals surface area contributed by atoms with Gasteiger partial charge >= 0.3 is 0 Å². The predicted molar refractivity (Wildman–Crippen MR) is 87.2 cm³/mol. The molecule has 23 heavy (non-hydrogen) atoms. The normalized spacial score (nSPS) is 10.8. The molecule has 0 atom stereocenters. The summed E-state index contributed by atoms with van der Waals surface area (Å²) in [5.74, 6) is 0.198. The summed E-state index contributed by atoms with van der Waals surface area (Å²) in [6, 6.07) is 17.0. The number of phenols is 1. The number of rotatable bonds is 0. The lowest BCUT2D eigenvalue weighted by molar-refractivity contribution is 0.474. The third-order valence-corrected chi connectivity index (χ3v) is 3.54. The van der Waals surface area contributed by atoms with Crippen molar-refractivity contribution in [2.24, 2.45) is 0 Å². The van der Waals surface area contributed by atoms with Gasteiger partial charge in [0.25, 0.3) is 0 Å². The molecule has 0 aliphatic carbocycles. The van der Waals surface area contributed by atoms with Crippen molar-refractivity contribution >= 4 is 33.0 Å². The maximum atomic E-state index is 8.96. The van der Waals surface area contributed by atoms with E-state index in [2.05, 4.69) is 22.1 Å². The Bertz CT molecular complexity index is 1090. The van der Waals surface area contributed by atoms with E-state index in [4.69, 9.17) is 13.9 Å². The topological polar surface area (TPSA) is 72.3 Å². The average molecular weight is 304 g/mol. The summed E-state index contributed by atoms with van der Waals surface area (Å²) in [5, 5.41) is 11.3. The third-order valence-electron chi connectivity index (χ3n) is 3.54. The standard InChI is InChI=1S/C11H7NO.C7H5NO2/c1-2-4-9-8(3-1)5-6-10-11(9)13-7-12-10;9-5-1-2-6-7(3-5)10-4-8-6/h1-7H;1-4,9H. The first-order valence-electron chi connectivity index (χ1n) is 7.04. The molecular formula is C18H12N2O3. The van der Waals surface area contributed by atoms with Crippen LogP contribution in [0.1, 0.15) is 0 Å². The van der Waals surface area contributed by atoms with Crippen molar-refractivity contribution in [2.75, 3.05) is 0 Å². The number of oxazole rings is 2. The Morgan fingerprint density at radius 1 is 0.783 bits per heavy atom. The van der Waals surface area contributed by atoms with Gasteiger partial charge in [0, 0.05) is 11.5 Å². The van der Waals surface area contributed by atoms with Crippen LogP contribution < -0.4 is 0 Å². The smallest absolute Gasteiger partial charge is 0.182 e. The maximum Gasteiger partial charge on any atom is 0.182 e. The van der Waals surface area contributed by atoms with Crippen molar-refractivity contribution in [3.63, 3.8) is 0 Å². The minimum absolute atomic E-state index is 0.198. The molecule has 2 aromatic heterocycles. The highest BCUT2D eigenvalue weighted by Gasteiger charge is 2.02. The van der Waals surface area contributed by atoms with Crippen LogP contribution in [0.15, 0.2) is 76.2 Å². The van der Waals surface area contributed by atoms with Gasteiger partial charge in [-0.1, -0.05) is 30.3 Å². The molecule has 0 bridgehead atoms. The van der Waals surface area contributed by atoms with Crippen LogP contribution in [0.5, 0.6) is 5.75 Å². The van der Waals surface area contributed by atoms with E-state index in [9.17, 15) is 0 Å². The van der Waals surface area contributed by atoms with Gasteiger partial charge in [0.1, 0.15) is 16.8 Å². The zero-order chi connectivity index (χ0) is 15.6. The Labute approximate surface area is 130 Å². The van der Waals surface area contributed by atoms with E-state index >= 15 is 0 Å². The minimum atomic E-state index is 0.198. The van der Waals surface area contributed by atoms with Crippen LogP contribution in [-0.4, -0.2) is 15.1 Å². The maximum absolute atomic E-state index is 8.96. The monoisotopic (exact) mass is 304 g/mol. The molecule has 5 heteroatoms. The number of nitrogens with zero attached hydrogens (tertiary/aromatic N) is 2. The molecule has 5 nitrogen and oxygen atoms in total. The van der Waals surface area contributed by atoms with E-state index in [1.165, 1.54) is 24.2 Å². The summed E-state index contributed by atoms with van der Waals surface area (Å²) < 4.78 is 10.2. The number of phenolic OH excluding ortho intramolecular Hbond substituents is 1. The molecule has 2 heterocycles. The van der Waals surface area contributed by atoms with Crippen LogP contribution in [-0.2, 0) is 0 Å². The van der Waals surface area contributed by atoms with E-state index in [0.717, 1.165) is 22.0 Å². The quantitative estimate of drug-likeness (QED) is 0.455. The number of fused-ring (bicyclic) bond motifs is 4. The van der Waals surface area contributed by atoms with Gasteiger partial charge in [0.2, 0.25) is 0 Å². The Morgan fingerprint density at radius 2 is 1.57 bits per heavy atom. The summed E-state index contributed by atoms with van der Waals surface area (Å²) >= 11 is 0. The van der Waals surface area contributed by atoms with E-state index in [0.29, 0.717) is 5.58 Å². The van der Waals surface area contributed by atoms with Crippen LogP contribution in [0.3, 0.4) is 0 Å². The van der Waals surface area contributed by atoms with Crippen LogP contribution in [0.25, 0.3) is 33.0 Å². The van der Waals surface area contributed by atoms with Gasteiger partial charge in [-0.15, -0.1) is 0 Å². The molecule has 0 saturated heterocycles. The van der Waals surface area contributed by atoms with Gasteiger partial charge in [-0.3, -0.25) is 0 Å². The molecule has 112 valence electrons. The number of benzene rings is 3. The Morgan fingerprint density at radius 3 is 2.52 bits per heavy atom. The molecule has 5 rings (SSSR count). The zero-order valence-corrected chi connectivity index (χ0v) is 12.0. The fourth-order valence-corrected chi connectivity index (χ4v) is 2.44. The van der Waals surface area contributed by atoms with Crippen LogP contribution in [0, 0.1) is 0 Å². The van der Waals surface area contributed by atoms with Crippen molar-refractivity contribution in [3.05, 3.63) is 67.4 Å². The number of hydrogen-bond donors (Lipinski definition) is 1. The second-order valence-corrected chi connectivity index (χ2v) is 4.99. The van der Waals surface area contributed by atoms with E-state index in [1.54, 1.807) is 12.1 Å². The first-order chi connectivity index (χ1) is 11.3. The summed E-state index contributed by atoms with van der Waals surface area (Å²) in [5.41, 5.74) is 3.16. The third kappa shape index (κ3) is 2.48. The van der Waals surface area contributed by atoms with Gasteiger partial charge in [-0.2, -0.15) is 0 Å². The van der Waals surface area contributed by atoms with Crippen LogP contribution in [0.4, 0.5) is 0 Å². The molecule has 0 aliphatic heterocycles. The summed E-state index contributed by atoms with van der Waals surface area (Å²) in [6.45, 7) is 0. The van der Waals surface area contributed by atoms with Gasteiger partial charge in [0.15, 0.2) is 24.0 Å². The Hall–Kier alpha value is -3.34. The molecule has 0 amide bonds. The van der Waals surface area contributed by atoms with Crippen LogP contribution >= 0.6 is 0 Å². The SMILES string of the molecule is Oc1ccc2ncoc2c1.c1ccc2c(c1)ccc1ncoc12. The Balaban J connectivity index is 0.000000122. The molecule has 0 unspecified atom stereocenters. The lowest BCUT2D eigenvalue weighted by atomic mass is 10.1. The summed E-state index contributed by atoms with van der Waals surface area (Å²) in [7, 11) is 0. The average Bonchev–Trinajstić information content (AvgIpc) is 3.23. The number of hydrogen-bond acceptors (Lipinski definition) is 5. The Kier molecular flexibility index (Phi) is 3.16. The second-order valence-electron chi connectivity index (χ2n) is 4.99. The second kappa shape index (κ2) is 5.46. The lowest BCUT2D eigenvalue weighted by Gasteiger charge is -1.95.